The van der Waals surface area contributed by atoms with E-state index >= 15 is 0 Å². The van der Waals surface area contributed by atoms with Crippen LogP contribution in [0.15, 0.2) is 0 Å². The summed E-state index contributed by atoms with van der Waals surface area (Å²) in [5, 5.41) is 3.67. The topological polar surface area (TPSA) is 41.3 Å². The van der Waals surface area contributed by atoms with Crippen molar-refractivity contribution >= 4 is 0 Å². The van der Waals surface area contributed by atoms with Crippen molar-refractivity contribution in [2.75, 3.05) is 26.2 Å². The molecule has 0 atom stereocenters. The lowest BCUT2D eigenvalue weighted by atomic mass is 10.1. The van der Waals surface area contributed by atoms with E-state index in [0.717, 1.165) is 6.04 Å². The van der Waals surface area contributed by atoms with E-state index in [1.54, 1.807) is 0 Å². The summed E-state index contributed by atoms with van der Waals surface area (Å²) in [4.78, 5) is 2.55. The van der Waals surface area contributed by atoms with Crippen molar-refractivity contribution < 1.29 is 0 Å². The van der Waals surface area contributed by atoms with Crippen LogP contribution in [0, 0.1) is 0 Å². The van der Waals surface area contributed by atoms with Crippen LogP contribution < -0.4 is 11.1 Å². The number of nitrogens with two attached hydrogens (primary N) is 1. The summed E-state index contributed by atoms with van der Waals surface area (Å²) in [6.07, 6.45) is 8.01. The van der Waals surface area contributed by atoms with Crippen molar-refractivity contribution in [1.29, 1.82) is 0 Å². The van der Waals surface area contributed by atoms with E-state index in [4.69, 9.17) is 5.73 Å². The lowest BCUT2D eigenvalue weighted by Crippen LogP contribution is -2.43. The first-order valence-electron chi connectivity index (χ1n) is 6.56. The molecule has 0 aromatic carbocycles. The summed E-state index contributed by atoms with van der Waals surface area (Å²) in [6, 6.07) is 1.28. The van der Waals surface area contributed by atoms with Gasteiger partial charge >= 0.3 is 0 Å². The molecular weight excluding hydrogens is 186 g/mol. The Morgan fingerprint density at radius 2 is 1.73 bits per heavy atom. The highest BCUT2D eigenvalue weighted by atomic mass is 15.1. The average Bonchev–Trinajstić information content (AvgIpc) is 2.74. The first-order chi connectivity index (χ1) is 7.34. The first kappa shape index (κ1) is 11.4. The van der Waals surface area contributed by atoms with Crippen molar-refractivity contribution in [2.45, 2.75) is 50.6 Å². The Balaban J connectivity index is 1.53. The highest BCUT2D eigenvalue weighted by molar-refractivity contribution is 4.77. The standard InChI is InChI=1S/C12H25N3/c13-11-5-8-15(9-6-11)10-7-14-12-3-1-2-4-12/h11-12,14H,1-10,13H2. The average molecular weight is 211 g/mol. The number of piperidine rings is 1. The van der Waals surface area contributed by atoms with E-state index in [1.165, 1.54) is 64.7 Å². The quantitative estimate of drug-likeness (QED) is 0.727. The molecular formula is C12H25N3. The maximum Gasteiger partial charge on any atom is 0.0107 e. The van der Waals surface area contributed by atoms with Gasteiger partial charge in [-0.2, -0.15) is 0 Å². The molecule has 3 nitrogen and oxygen atoms in total. The molecule has 0 aromatic heterocycles. The molecule has 0 radical (unpaired) electrons. The smallest absolute Gasteiger partial charge is 0.0107 e. The molecule has 15 heavy (non-hydrogen) atoms. The Labute approximate surface area is 93.4 Å². The second-order valence-corrected chi connectivity index (χ2v) is 5.11. The summed E-state index contributed by atoms with van der Waals surface area (Å²) in [5.74, 6) is 0. The van der Waals surface area contributed by atoms with Gasteiger partial charge in [-0.15, -0.1) is 0 Å². The van der Waals surface area contributed by atoms with Gasteiger partial charge in [0.2, 0.25) is 0 Å². The SMILES string of the molecule is NC1CCN(CCNC2CCCC2)CC1. The predicted molar refractivity (Wildman–Crippen MR) is 63.9 cm³/mol. The van der Waals surface area contributed by atoms with Gasteiger partial charge < -0.3 is 16.0 Å². The van der Waals surface area contributed by atoms with E-state index in [9.17, 15) is 0 Å². The van der Waals surface area contributed by atoms with E-state index < -0.39 is 0 Å². The second-order valence-electron chi connectivity index (χ2n) is 5.11. The molecule has 1 saturated carbocycles. The fourth-order valence-corrected chi connectivity index (χ4v) is 2.73. The number of likely N-dealkylation sites (tertiary alicyclic amines) is 1. The minimum absolute atomic E-state index is 0.462. The number of nitrogens with one attached hydrogen (secondary N) is 1. The zero-order valence-corrected chi connectivity index (χ0v) is 9.75. The van der Waals surface area contributed by atoms with Gasteiger partial charge in [0.1, 0.15) is 0 Å². The summed E-state index contributed by atoms with van der Waals surface area (Å²) >= 11 is 0. The van der Waals surface area contributed by atoms with E-state index in [1.807, 2.05) is 0 Å². The minimum atomic E-state index is 0.462. The Bertz CT molecular complexity index is 170. The van der Waals surface area contributed by atoms with Gasteiger partial charge in [0.15, 0.2) is 0 Å². The van der Waals surface area contributed by atoms with Gasteiger partial charge in [-0.25, -0.2) is 0 Å². The number of rotatable bonds is 4. The molecule has 2 fully saturated rings. The molecule has 3 heteroatoms. The molecule has 1 aliphatic heterocycles. The molecule has 0 spiro atoms. The Morgan fingerprint density at radius 3 is 2.40 bits per heavy atom. The molecule has 1 saturated heterocycles. The van der Waals surface area contributed by atoms with Gasteiger partial charge in [0, 0.05) is 25.2 Å². The Hall–Kier alpha value is -0.120. The van der Waals surface area contributed by atoms with Crippen LogP contribution in [-0.4, -0.2) is 43.2 Å². The fraction of sp³-hybridized carbons (Fsp3) is 1.00. The van der Waals surface area contributed by atoms with Crippen molar-refractivity contribution in [1.82, 2.24) is 10.2 Å². The van der Waals surface area contributed by atoms with Gasteiger partial charge in [0.25, 0.3) is 0 Å². The third-order valence-corrected chi connectivity index (χ3v) is 3.85. The molecule has 1 aliphatic carbocycles. The summed E-state index contributed by atoms with van der Waals surface area (Å²) < 4.78 is 0. The molecule has 2 aliphatic rings. The van der Waals surface area contributed by atoms with Crippen LogP contribution in [0.25, 0.3) is 0 Å². The molecule has 1 heterocycles. The number of nitrogens with zero attached hydrogens (tertiary/aromatic N) is 1. The highest BCUT2D eigenvalue weighted by Gasteiger charge is 2.17. The molecule has 88 valence electrons. The van der Waals surface area contributed by atoms with Crippen LogP contribution in [-0.2, 0) is 0 Å². The first-order valence-corrected chi connectivity index (χ1v) is 6.56. The molecule has 0 unspecified atom stereocenters. The zero-order chi connectivity index (χ0) is 10.5. The van der Waals surface area contributed by atoms with E-state index in [0.29, 0.717) is 6.04 Å². The molecule has 0 bridgehead atoms. The predicted octanol–water partition coefficient (Wildman–Crippen LogP) is 0.942. The van der Waals surface area contributed by atoms with Gasteiger partial charge in [0.05, 0.1) is 0 Å². The Kier molecular flexibility index (Phi) is 4.42. The largest absolute Gasteiger partial charge is 0.328 e. The third kappa shape index (κ3) is 3.74. The number of hydrogen-bond acceptors (Lipinski definition) is 3. The maximum absolute atomic E-state index is 5.88. The monoisotopic (exact) mass is 211 g/mol. The lowest BCUT2D eigenvalue weighted by Gasteiger charge is -2.30. The summed E-state index contributed by atoms with van der Waals surface area (Å²) in [7, 11) is 0. The fourth-order valence-electron chi connectivity index (χ4n) is 2.73. The third-order valence-electron chi connectivity index (χ3n) is 3.85. The van der Waals surface area contributed by atoms with Crippen LogP contribution in [0.5, 0.6) is 0 Å². The summed E-state index contributed by atoms with van der Waals surface area (Å²) in [5.41, 5.74) is 5.88. The van der Waals surface area contributed by atoms with Gasteiger partial charge in [-0.1, -0.05) is 12.8 Å². The number of hydrogen-bond donors (Lipinski definition) is 2. The van der Waals surface area contributed by atoms with E-state index in [2.05, 4.69) is 10.2 Å². The maximum atomic E-state index is 5.88. The van der Waals surface area contributed by atoms with Crippen molar-refractivity contribution in [3.63, 3.8) is 0 Å². The van der Waals surface area contributed by atoms with Crippen LogP contribution in [0.1, 0.15) is 38.5 Å². The van der Waals surface area contributed by atoms with E-state index in [-0.39, 0.29) is 0 Å². The molecule has 0 amide bonds. The van der Waals surface area contributed by atoms with Crippen molar-refractivity contribution in [2.24, 2.45) is 5.73 Å². The highest BCUT2D eigenvalue weighted by Crippen LogP contribution is 2.17. The van der Waals surface area contributed by atoms with Crippen LogP contribution in [0.2, 0.25) is 0 Å². The minimum Gasteiger partial charge on any atom is -0.328 e. The van der Waals surface area contributed by atoms with Crippen molar-refractivity contribution in [3.05, 3.63) is 0 Å². The molecule has 2 rings (SSSR count). The molecule has 0 aromatic rings. The van der Waals surface area contributed by atoms with Crippen molar-refractivity contribution in [3.8, 4) is 0 Å². The van der Waals surface area contributed by atoms with Crippen LogP contribution in [0.3, 0.4) is 0 Å². The molecule has 3 N–H and O–H groups in total. The summed E-state index contributed by atoms with van der Waals surface area (Å²) in [6.45, 7) is 4.78. The normalized spacial score (nSPS) is 26.2. The van der Waals surface area contributed by atoms with Gasteiger partial charge in [-0.3, -0.25) is 0 Å². The Morgan fingerprint density at radius 1 is 1.07 bits per heavy atom. The van der Waals surface area contributed by atoms with Gasteiger partial charge in [-0.05, 0) is 38.8 Å². The zero-order valence-electron chi connectivity index (χ0n) is 9.75. The van der Waals surface area contributed by atoms with Crippen LogP contribution >= 0.6 is 0 Å². The second kappa shape index (κ2) is 5.83. The lowest BCUT2D eigenvalue weighted by molar-refractivity contribution is 0.211. The van der Waals surface area contributed by atoms with Crippen LogP contribution in [0.4, 0.5) is 0 Å².